The van der Waals surface area contributed by atoms with Crippen LogP contribution in [0.2, 0.25) is 0 Å². The van der Waals surface area contributed by atoms with Gasteiger partial charge in [-0.25, -0.2) is 0 Å². The van der Waals surface area contributed by atoms with Crippen LogP contribution in [0.25, 0.3) is 0 Å². The second kappa shape index (κ2) is 9.63. The normalized spacial score (nSPS) is 33.7. The molecule has 0 bridgehead atoms. The Labute approximate surface area is 235 Å². The first kappa shape index (κ1) is 27.6. The summed E-state index contributed by atoms with van der Waals surface area (Å²) < 4.78 is 0. The summed E-state index contributed by atoms with van der Waals surface area (Å²) in [5.74, 6) is -5.53. The molecule has 4 aliphatic rings. The summed E-state index contributed by atoms with van der Waals surface area (Å²) in [6.07, 6.45) is 3.62. The lowest BCUT2D eigenvalue weighted by molar-refractivity contribution is -0.141. The second-order valence-corrected chi connectivity index (χ2v) is 12.3. The third-order valence-corrected chi connectivity index (χ3v) is 10.3. The van der Waals surface area contributed by atoms with E-state index in [-0.39, 0.29) is 43.4 Å². The fourth-order valence-electron chi connectivity index (χ4n) is 6.98. The zero-order valence-corrected chi connectivity index (χ0v) is 23.2. The van der Waals surface area contributed by atoms with Gasteiger partial charge in [-0.2, -0.15) is 0 Å². The lowest BCUT2D eigenvalue weighted by Crippen LogP contribution is -2.60. The molecule has 3 fully saturated rings. The molecule has 1 saturated carbocycles. The number of hydrogen-bond acceptors (Lipinski definition) is 6. The molecule has 39 heavy (non-hydrogen) atoms. The number of aryl methyl sites for hydroxylation is 1. The molecule has 6 atom stereocenters. The molecule has 0 radical (unpaired) electrons. The minimum absolute atomic E-state index is 0.0276. The number of nitrogens with zero attached hydrogens (tertiary/aromatic N) is 2. The van der Waals surface area contributed by atoms with Crippen molar-refractivity contribution < 1.29 is 34.2 Å². The maximum absolute atomic E-state index is 13.7. The van der Waals surface area contributed by atoms with E-state index in [0.29, 0.717) is 36.0 Å². The number of alkyl halides is 2. The summed E-state index contributed by atoms with van der Waals surface area (Å²) in [5, 5.41) is 19.0. The first-order chi connectivity index (χ1) is 18.3. The van der Waals surface area contributed by atoms with Gasteiger partial charge in [-0.05, 0) is 55.7 Å². The standard InChI is InChI=1S/C28H30Cl2N2O7/c1-14-12-15(7-10-19(14)33)22-16-8-9-17-21(24(37)32(23(17)36)11-5-3-4-6-20(34)35)18(16)13-27(29)25(38)31(2)26(39)28(22,27)30/h7-8,10,12,17-18,21-22,33H,3-6,9,11,13H2,1-2H3,(H,34,35)/t17-,18+,21-,22-,27+,28-/m0/s1. The number of hydrogen-bond donors (Lipinski definition) is 2. The van der Waals surface area contributed by atoms with E-state index in [2.05, 4.69) is 0 Å². The number of carbonyl (C=O) groups is 5. The summed E-state index contributed by atoms with van der Waals surface area (Å²) in [6.45, 7) is 1.90. The van der Waals surface area contributed by atoms with E-state index in [1.54, 1.807) is 19.1 Å². The first-order valence-corrected chi connectivity index (χ1v) is 13.9. The van der Waals surface area contributed by atoms with Crippen LogP contribution in [0.4, 0.5) is 0 Å². The van der Waals surface area contributed by atoms with Crippen LogP contribution in [0.1, 0.15) is 55.6 Å². The number of phenols is 1. The number of allylic oxidation sites excluding steroid dienone is 2. The molecule has 208 valence electrons. The van der Waals surface area contributed by atoms with E-state index in [1.807, 2.05) is 6.08 Å². The highest BCUT2D eigenvalue weighted by Gasteiger charge is 2.75. The van der Waals surface area contributed by atoms with Crippen LogP contribution < -0.4 is 0 Å². The van der Waals surface area contributed by atoms with Gasteiger partial charge in [0.1, 0.15) is 5.75 Å². The van der Waals surface area contributed by atoms with Crippen molar-refractivity contribution in [1.82, 2.24) is 9.80 Å². The largest absolute Gasteiger partial charge is 0.508 e. The number of unbranched alkanes of at least 4 members (excludes halogenated alkanes) is 2. The minimum atomic E-state index is -1.85. The van der Waals surface area contributed by atoms with E-state index in [4.69, 9.17) is 28.3 Å². The van der Waals surface area contributed by atoms with Crippen LogP contribution in [0.5, 0.6) is 5.75 Å². The Hall–Kier alpha value is -2.91. The number of phenolic OH excluding ortho intramolecular Hbond substituents is 1. The quantitative estimate of drug-likeness (QED) is 0.220. The van der Waals surface area contributed by atoms with Crippen molar-refractivity contribution in [2.45, 2.75) is 61.1 Å². The van der Waals surface area contributed by atoms with Crippen LogP contribution in [0.3, 0.4) is 0 Å². The predicted molar refractivity (Wildman–Crippen MR) is 141 cm³/mol. The predicted octanol–water partition coefficient (Wildman–Crippen LogP) is 3.33. The highest BCUT2D eigenvalue weighted by molar-refractivity contribution is 6.53. The van der Waals surface area contributed by atoms with Crippen LogP contribution in [0, 0.1) is 24.7 Å². The van der Waals surface area contributed by atoms with Crippen molar-refractivity contribution in [1.29, 1.82) is 0 Å². The van der Waals surface area contributed by atoms with Crippen molar-refractivity contribution in [2.75, 3.05) is 13.6 Å². The number of carboxylic acid groups (broad SMARTS) is 1. The second-order valence-electron chi connectivity index (χ2n) is 11.1. The highest BCUT2D eigenvalue weighted by Crippen LogP contribution is 2.65. The van der Waals surface area contributed by atoms with E-state index >= 15 is 0 Å². The Morgan fingerprint density at radius 1 is 1.05 bits per heavy atom. The summed E-state index contributed by atoms with van der Waals surface area (Å²) in [5.41, 5.74) is 1.84. The van der Waals surface area contributed by atoms with Gasteiger partial charge in [-0.15, -0.1) is 23.2 Å². The Bertz CT molecular complexity index is 1330. The van der Waals surface area contributed by atoms with Gasteiger partial charge < -0.3 is 10.2 Å². The molecule has 2 saturated heterocycles. The monoisotopic (exact) mass is 576 g/mol. The number of aliphatic carboxylic acids is 1. The van der Waals surface area contributed by atoms with Crippen molar-refractivity contribution >= 4 is 52.8 Å². The Morgan fingerprint density at radius 3 is 2.44 bits per heavy atom. The number of carboxylic acids is 1. The number of benzene rings is 1. The topological polar surface area (TPSA) is 132 Å². The molecule has 1 aromatic carbocycles. The smallest absolute Gasteiger partial charge is 0.303 e. The number of aromatic hydroxyl groups is 1. The van der Waals surface area contributed by atoms with Gasteiger partial charge in [0.2, 0.25) is 11.8 Å². The summed E-state index contributed by atoms with van der Waals surface area (Å²) >= 11 is 14.2. The fourth-order valence-corrected chi connectivity index (χ4v) is 8.00. The molecular weight excluding hydrogens is 547 g/mol. The van der Waals surface area contributed by atoms with Crippen molar-refractivity contribution in [2.24, 2.45) is 17.8 Å². The molecule has 4 amide bonds. The average molecular weight is 577 g/mol. The number of likely N-dealkylation sites (tertiary alicyclic amines) is 2. The van der Waals surface area contributed by atoms with Gasteiger partial charge in [0.05, 0.1) is 11.8 Å². The zero-order valence-electron chi connectivity index (χ0n) is 21.7. The van der Waals surface area contributed by atoms with Gasteiger partial charge in [-0.1, -0.05) is 30.2 Å². The summed E-state index contributed by atoms with van der Waals surface area (Å²) in [7, 11) is 1.34. The minimum Gasteiger partial charge on any atom is -0.508 e. The molecule has 0 unspecified atom stereocenters. The lowest BCUT2D eigenvalue weighted by Gasteiger charge is -2.50. The first-order valence-electron chi connectivity index (χ1n) is 13.1. The van der Waals surface area contributed by atoms with Gasteiger partial charge in [0.25, 0.3) is 11.8 Å². The van der Waals surface area contributed by atoms with Gasteiger partial charge >= 0.3 is 5.97 Å². The van der Waals surface area contributed by atoms with E-state index < -0.39 is 51.2 Å². The molecule has 0 aromatic heterocycles. The zero-order chi connectivity index (χ0) is 28.4. The molecule has 9 nitrogen and oxygen atoms in total. The SMILES string of the molecule is Cc1cc([C@H]2C3=CC[C@@H]4C(=O)N(CCCCCC(=O)O)C(=O)[C@@H]4[C@@H]3C[C@@]3(Cl)C(=O)N(C)C(=O)[C@@]23Cl)ccc1O. The van der Waals surface area contributed by atoms with Crippen LogP contribution >= 0.6 is 23.2 Å². The van der Waals surface area contributed by atoms with Crippen molar-refractivity contribution in [3.05, 3.63) is 41.0 Å². The van der Waals surface area contributed by atoms with Crippen LogP contribution in [-0.2, 0) is 24.0 Å². The number of imide groups is 2. The number of halogens is 2. The molecule has 5 rings (SSSR count). The number of carbonyl (C=O) groups excluding carboxylic acids is 4. The van der Waals surface area contributed by atoms with Gasteiger partial charge in [-0.3, -0.25) is 33.8 Å². The van der Waals surface area contributed by atoms with E-state index in [0.717, 1.165) is 4.90 Å². The summed E-state index contributed by atoms with van der Waals surface area (Å²) in [4.78, 5) is 63.3. The maximum Gasteiger partial charge on any atom is 0.303 e. The van der Waals surface area contributed by atoms with Crippen molar-refractivity contribution in [3.63, 3.8) is 0 Å². The fraction of sp³-hybridized carbons (Fsp3) is 0.536. The van der Waals surface area contributed by atoms with E-state index in [9.17, 15) is 29.1 Å². The Kier molecular flexibility index (Phi) is 6.82. The van der Waals surface area contributed by atoms with Gasteiger partial charge in [0, 0.05) is 25.9 Å². The molecular formula is C28H30Cl2N2O7. The third-order valence-electron chi connectivity index (χ3n) is 8.93. The Morgan fingerprint density at radius 2 is 1.77 bits per heavy atom. The van der Waals surface area contributed by atoms with Crippen molar-refractivity contribution in [3.8, 4) is 5.75 Å². The number of fused-ring (bicyclic) bond motifs is 4. The van der Waals surface area contributed by atoms with Crippen LogP contribution in [-0.4, -0.2) is 73.0 Å². The maximum atomic E-state index is 13.7. The molecule has 1 aromatic rings. The molecule has 2 aliphatic carbocycles. The Balaban J connectivity index is 1.53. The molecule has 2 heterocycles. The molecule has 2 N–H and O–H groups in total. The number of amides is 4. The molecule has 11 heteroatoms. The molecule has 2 aliphatic heterocycles. The average Bonchev–Trinajstić information content (AvgIpc) is 3.20. The van der Waals surface area contributed by atoms with E-state index in [1.165, 1.54) is 18.0 Å². The van der Waals surface area contributed by atoms with Crippen LogP contribution in [0.15, 0.2) is 29.8 Å². The summed E-state index contributed by atoms with van der Waals surface area (Å²) in [6, 6.07) is 4.85. The lowest BCUT2D eigenvalue weighted by atomic mass is 9.56. The highest BCUT2D eigenvalue weighted by atomic mass is 35.5. The molecule has 0 spiro atoms. The van der Waals surface area contributed by atoms with Gasteiger partial charge in [0.15, 0.2) is 9.75 Å². The number of rotatable bonds is 7. The third kappa shape index (κ3) is 3.91.